The van der Waals surface area contributed by atoms with Gasteiger partial charge < -0.3 is 13.9 Å². The Labute approximate surface area is 247 Å². The molecule has 43 heavy (non-hydrogen) atoms. The third-order valence-electron chi connectivity index (χ3n) is 9.08. The van der Waals surface area contributed by atoms with E-state index in [1.165, 1.54) is 60.0 Å². The summed E-state index contributed by atoms with van der Waals surface area (Å²) in [7, 11) is 0. The Hall–Kier alpha value is -5.80. The van der Waals surface area contributed by atoms with E-state index in [1.54, 1.807) is 0 Å². The normalized spacial score (nSPS) is 12.4. The summed E-state index contributed by atoms with van der Waals surface area (Å²) in [6.45, 7) is 0. The van der Waals surface area contributed by atoms with Crippen molar-refractivity contribution in [3.8, 4) is 34.0 Å². The number of hydrogen-bond acceptors (Lipinski definition) is 1. The monoisotopic (exact) mass is 548 g/mol. The molecule has 0 fully saturated rings. The minimum absolute atomic E-state index is 0.879. The SMILES string of the molecule is c1ccc2c(c1)Oc1cccc3c4cccc(-c5ccc(-n6c7ccccc7c7cc8ccccc8cc76)cc5)c4n-2c13. The molecule has 10 rings (SSSR count). The smallest absolute Gasteiger partial charge is 0.152 e. The summed E-state index contributed by atoms with van der Waals surface area (Å²) in [5.41, 5.74) is 9.38. The molecule has 0 aliphatic carbocycles. The highest BCUT2D eigenvalue weighted by Gasteiger charge is 2.25. The molecule has 7 aromatic carbocycles. The van der Waals surface area contributed by atoms with Crippen molar-refractivity contribution in [1.82, 2.24) is 9.13 Å². The van der Waals surface area contributed by atoms with Gasteiger partial charge >= 0.3 is 0 Å². The Balaban J connectivity index is 1.21. The van der Waals surface area contributed by atoms with Crippen LogP contribution in [-0.2, 0) is 0 Å². The molecule has 2 aromatic heterocycles. The molecule has 9 aromatic rings. The van der Waals surface area contributed by atoms with Crippen LogP contribution in [0.25, 0.3) is 76.9 Å². The highest BCUT2D eigenvalue weighted by Crippen LogP contribution is 2.47. The summed E-state index contributed by atoms with van der Waals surface area (Å²) in [5, 5.41) is 7.50. The summed E-state index contributed by atoms with van der Waals surface area (Å²) >= 11 is 0. The highest BCUT2D eigenvalue weighted by molar-refractivity contribution is 6.16. The van der Waals surface area contributed by atoms with Crippen molar-refractivity contribution in [2.45, 2.75) is 0 Å². The Morgan fingerprint density at radius 3 is 1.98 bits per heavy atom. The highest BCUT2D eigenvalue weighted by atomic mass is 16.5. The van der Waals surface area contributed by atoms with Crippen LogP contribution in [0.3, 0.4) is 0 Å². The average Bonchev–Trinajstić information content (AvgIpc) is 3.58. The fraction of sp³-hybridized carbons (Fsp3) is 0. The molecule has 0 amide bonds. The first-order chi connectivity index (χ1) is 21.3. The van der Waals surface area contributed by atoms with Gasteiger partial charge in [0.1, 0.15) is 0 Å². The van der Waals surface area contributed by atoms with Gasteiger partial charge in [0, 0.05) is 32.8 Å². The van der Waals surface area contributed by atoms with E-state index >= 15 is 0 Å². The zero-order valence-electron chi connectivity index (χ0n) is 23.2. The van der Waals surface area contributed by atoms with Gasteiger partial charge in [0.25, 0.3) is 0 Å². The van der Waals surface area contributed by atoms with E-state index in [9.17, 15) is 0 Å². The maximum absolute atomic E-state index is 6.36. The first kappa shape index (κ1) is 22.8. The standard InChI is InChI=1S/C40H24N2O/c1-2-10-27-24-36-33(23-26(27)9-1)30-11-3-4-15-34(30)41(36)28-21-19-25(20-22-28)29-12-7-13-31-32-14-8-18-38-40(32)42(39(29)31)35-16-5-6-17-37(35)43-38/h1-24H. The van der Waals surface area contributed by atoms with E-state index in [0.29, 0.717) is 0 Å². The Morgan fingerprint density at radius 1 is 0.419 bits per heavy atom. The fourth-order valence-electron chi connectivity index (χ4n) is 7.21. The fourth-order valence-corrected chi connectivity index (χ4v) is 7.21. The van der Waals surface area contributed by atoms with Crippen LogP contribution >= 0.6 is 0 Å². The zero-order chi connectivity index (χ0) is 28.1. The number of nitrogens with zero attached hydrogens (tertiary/aromatic N) is 2. The molecule has 0 atom stereocenters. The van der Waals surface area contributed by atoms with Crippen molar-refractivity contribution in [2.75, 3.05) is 0 Å². The third-order valence-corrected chi connectivity index (χ3v) is 9.08. The molecule has 0 saturated carbocycles. The van der Waals surface area contributed by atoms with Gasteiger partial charge in [-0.05, 0) is 64.9 Å². The van der Waals surface area contributed by atoms with Gasteiger partial charge in [0.2, 0.25) is 0 Å². The quantitative estimate of drug-likeness (QED) is 0.210. The second-order valence-electron chi connectivity index (χ2n) is 11.4. The van der Waals surface area contributed by atoms with Crippen LogP contribution in [0.15, 0.2) is 146 Å². The molecule has 1 aliphatic rings. The van der Waals surface area contributed by atoms with E-state index in [1.807, 2.05) is 6.07 Å². The molecule has 3 heterocycles. The summed E-state index contributed by atoms with van der Waals surface area (Å²) in [5.74, 6) is 1.77. The molecule has 3 nitrogen and oxygen atoms in total. The third kappa shape index (κ3) is 3.08. The van der Waals surface area contributed by atoms with E-state index in [0.717, 1.165) is 28.4 Å². The largest absolute Gasteiger partial charge is 0.453 e. The van der Waals surface area contributed by atoms with Crippen LogP contribution in [0.5, 0.6) is 11.5 Å². The summed E-state index contributed by atoms with van der Waals surface area (Å²) in [6.07, 6.45) is 0. The van der Waals surface area contributed by atoms with Gasteiger partial charge in [-0.15, -0.1) is 0 Å². The van der Waals surface area contributed by atoms with Crippen molar-refractivity contribution < 1.29 is 4.74 Å². The molecule has 0 N–H and O–H groups in total. The van der Waals surface area contributed by atoms with Crippen molar-refractivity contribution >= 4 is 54.4 Å². The van der Waals surface area contributed by atoms with E-state index in [2.05, 4.69) is 149 Å². The van der Waals surface area contributed by atoms with E-state index in [4.69, 9.17) is 4.74 Å². The van der Waals surface area contributed by atoms with Gasteiger partial charge in [-0.3, -0.25) is 0 Å². The molecular weight excluding hydrogens is 524 g/mol. The van der Waals surface area contributed by atoms with Crippen molar-refractivity contribution in [3.63, 3.8) is 0 Å². The number of rotatable bonds is 2. The maximum atomic E-state index is 6.36. The van der Waals surface area contributed by atoms with E-state index < -0.39 is 0 Å². The van der Waals surface area contributed by atoms with Crippen molar-refractivity contribution in [3.05, 3.63) is 146 Å². The Kier molecular flexibility index (Phi) is 4.45. The average molecular weight is 549 g/mol. The molecule has 0 radical (unpaired) electrons. The first-order valence-electron chi connectivity index (χ1n) is 14.7. The molecule has 0 bridgehead atoms. The molecule has 0 saturated heterocycles. The number of para-hydroxylation sites is 5. The lowest BCUT2D eigenvalue weighted by atomic mass is 10.0. The summed E-state index contributed by atoms with van der Waals surface area (Å²) < 4.78 is 11.1. The van der Waals surface area contributed by atoms with Crippen LogP contribution in [-0.4, -0.2) is 9.13 Å². The predicted octanol–water partition coefficient (Wildman–Crippen LogP) is 10.8. The topological polar surface area (TPSA) is 19.1 Å². The predicted molar refractivity (Wildman–Crippen MR) is 178 cm³/mol. The molecular formula is C40H24N2O. The number of hydrogen-bond donors (Lipinski definition) is 0. The minimum Gasteiger partial charge on any atom is -0.453 e. The van der Waals surface area contributed by atoms with Crippen LogP contribution in [0, 0.1) is 0 Å². The molecule has 200 valence electrons. The van der Waals surface area contributed by atoms with Crippen LogP contribution in [0.2, 0.25) is 0 Å². The molecule has 0 spiro atoms. The number of aromatic nitrogens is 2. The number of fused-ring (bicyclic) bond motifs is 9. The van der Waals surface area contributed by atoms with Crippen LogP contribution in [0.4, 0.5) is 0 Å². The summed E-state index contributed by atoms with van der Waals surface area (Å²) in [4.78, 5) is 0. The van der Waals surface area contributed by atoms with E-state index in [-0.39, 0.29) is 0 Å². The minimum atomic E-state index is 0.879. The second kappa shape index (κ2) is 8.37. The maximum Gasteiger partial charge on any atom is 0.152 e. The molecule has 1 aliphatic heterocycles. The van der Waals surface area contributed by atoms with Crippen LogP contribution in [0.1, 0.15) is 0 Å². The second-order valence-corrected chi connectivity index (χ2v) is 11.4. The van der Waals surface area contributed by atoms with Gasteiger partial charge in [0.15, 0.2) is 11.5 Å². The molecule has 0 unspecified atom stereocenters. The lowest BCUT2D eigenvalue weighted by Gasteiger charge is -2.21. The molecule has 3 heteroatoms. The zero-order valence-corrected chi connectivity index (χ0v) is 23.2. The van der Waals surface area contributed by atoms with Crippen molar-refractivity contribution in [1.29, 1.82) is 0 Å². The lowest BCUT2D eigenvalue weighted by molar-refractivity contribution is 0.476. The van der Waals surface area contributed by atoms with Crippen molar-refractivity contribution in [2.24, 2.45) is 0 Å². The number of ether oxygens (including phenoxy) is 1. The van der Waals surface area contributed by atoms with Gasteiger partial charge in [-0.2, -0.15) is 0 Å². The van der Waals surface area contributed by atoms with Crippen LogP contribution < -0.4 is 4.74 Å². The van der Waals surface area contributed by atoms with Gasteiger partial charge in [0.05, 0.1) is 27.8 Å². The summed E-state index contributed by atoms with van der Waals surface area (Å²) in [6, 6.07) is 52.4. The lowest BCUT2D eigenvalue weighted by Crippen LogP contribution is -2.04. The van der Waals surface area contributed by atoms with Gasteiger partial charge in [-0.1, -0.05) is 97.1 Å². The Morgan fingerprint density at radius 2 is 1.09 bits per heavy atom. The first-order valence-corrected chi connectivity index (χ1v) is 14.7. The Bertz CT molecular complexity index is 2580. The van der Waals surface area contributed by atoms with Gasteiger partial charge in [-0.25, -0.2) is 0 Å². The number of benzene rings is 7.